The number of hydrogen-bond acceptors (Lipinski definition) is 4. The fourth-order valence-electron chi connectivity index (χ4n) is 2.25. The maximum Gasteiger partial charge on any atom is 0.230 e. The molecule has 2 rings (SSSR count). The second kappa shape index (κ2) is 11.4. The van der Waals surface area contributed by atoms with Gasteiger partial charge < -0.3 is 10.3 Å². The monoisotopic (exact) mass is 330 g/mol. The molecule has 0 bridgehead atoms. The second-order valence-corrected chi connectivity index (χ2v) is 5.80. The maximum atomic E-state index is 6.52. The lowest BCUT2D eigenvalue weighted by Crippen LogP contribution is -2.05. The van der Waals surface area contributed by atoms with Crippen molar-refractivity contribution in [2.75, 3.05) is 0 Å². The van der Waals surface area contributed by atoms with Gasteiger partial charge in [-0.05, 0) is 12.8 Å². The van der Waals surface area contributed by atoms with Gasteiger partial charge in [0.2, 0.25) is 11.7 Å². The Bertz CT molecular complexity index is 580. The van der Waals surface area contributed by atoms with Crippen LogP contribution in [0.1, 0.15) is 71.1 Å². The smallest absolute Gasteiger partial charge is 0.230 e. The van der Waals surface area contributed by atoms with Crippen molar-refractivity contribution in [1.82, 2.24) is 10.1 Å². The average molecular weight is 330 g/mol. The third-order valence-corrected chi connectivity index (χ3v) is 3.85. The molecule has 0 aliphatic carbocycles. The summed E-state index contributed by atoms with van der Waals surface area (Å²) in [6.07, 6.45) is 6.62. The Morgan fingerprint density at radius 3 is 2.38 bits per heavy atom. The molecule has 1 atom stereocenters. The van der Waals surface area contributed by atoms with E-state index in [1.807, 2.05) is 37.3 Å². The molecule has 1 unspecified atom stereocenters. The first-order valence-corrected chi connectivity index (χ1v) is 8.84. The predicted octanol–water partition coefficient (Wildman–Crippen LogP) is 5.14. The van der Waals surface area contributed by atoms with Gasteiger partial charge in [0.25, 0.3) is 0 Å². The van der Waals surface area contributed by atoms with Gasteiger partial charge in [-0.25, -0.2) is 0 Å². The zero-order valence-electron chi connectivity index (χ0n) is 15.1. The van der Waals surface area contributed by atoms with Gasteiger partial charge in [-0.2, -0.15) is 4.98 Å². The summed E-state index contributed by atoms with van der Waals surface area (Å²) in [4.78, 5) is 4.55. The number of nitrogens with two attached hydrogens (primary N) is 1. The minimum atomic E-state index is 0.255. The number of benzene rings is 1. The molecule has 0 saturated heterocycles. The third kappa shape index (κ3) is 6.94. The van der Waals surface area contributed by atoms with Crippen LogP contribution in [-0.2, 0) is 0 Å². The summed E-state index contributed by atoms with van der Waals surface area (Å²) in [6.45, 7) is 6.26. The van der Waals surface area contributed by atoms with Crippen LogP contribution in [0.15, 0.2) is 34.9 Å². The molecule has 0 spiro atoms. The number of rotatable bonds is 8. The van der Waals surface area contributed by atoms with Crippen molar-refractivity contribution in [2.24, 2.45) is 5.73 Å². The highest BCUT2D eigenvalue weighted by atomic mass is 16.5. The number of nitrogens with zero attached hydrogens (tertiary/aromatic N) is 2. The summed E-state index contributed by atoms with van der Waals surface area (Å²) in [5, 5.41) is 10.6. The SMILES string of the molecule is CCC(=N)N.CCCCCC(CC)c1nc(-c2ccccc2)no1. The van der Waals surface area contributed by atoms with Crippen LogP contribution < -0.4 is 5.73 Å². The van der Waals surface area contributed by atoms with Gasteiger partial charge in [0.05, 0.1) is 5.84 Å². The summed E-state index contributed by atoms with van der Waals surface area (Å²) >= 11 is 0. The van der Waals surface area contributed by atoms with Crippen molar-refractivity contribution in [1.29, 1.82) is 5.41 Å². The minimum absolute atomic E-state index is 0.255. The molecule has 132 valence electrons. The summed E-state index contributed by atoms with van der Waals surface area (Å²) in [5.74, 6) is 2.14. The van der Waals surface area contributed by atoms with Crippen LogP contribution in [0.2, 0.25) is 0 Å². The first kappa shape index (κ1) is 19.9. The lowest BCUT2D eigenvalue weighted by Gasteiger charge is -2.08. The van der Waals surface area contributed by atoms with Gasteiger partial charge in [-0.15, -0.1) is 0 Å². The topological polar surface area (TPSA) is 88.8 Å². The van der Waals surface area contributed by atoms with Crippen molar-refractivity contribution >= 4 is 5.84 Å². The van der Waals surface area contributed by atoms with Crippen LogP contribution in [0.5, 0.6) is 0 Å². The number of nitrogens with one attached hydrogen (secondary N) is 1. The Kier molecular flexibility index (Phi) is 9.42. The molecule has 0 radical (unpaired) electrons. The quantitative estimate of drug-likeness (QED) is 0.398. The van der Waals surface area contributed by atoms with Gasteiger partial charge in [-0.3, -0.25) is 5.41 Å². The predicted molar refractivity (Wildman–Crippen MR) is 99.1 cm³/mol. The first-order chi connectivity index (χ1) is 11.6. The van der Waals surface area contributed by atoms with Crippen molar-refractivity contribution in [3.63, 3.8) is 0 Å². The first-order valence-electron chi connectivity index (χ1n) is 8.84. The van der Waals surface area contributed by atoms with E-state index in [-0.39, 0.29) is 5.84 Å². The molecular formula is C19H30N4O. The molecule has 0 amide bonds. The Labute approximate surface area is 145 Å². The van der Waals surface area contributed by atoms with Crippen LogP contribution in [0.4, 0.5) is 0 Å². The van der Waals surface area contributed by atoms with E-state index in [0.29, 0.717) is 18.2 Å². The number of aromatic nitrogens is 2. The summed E-state index contributed by atoms with van der Waals surface area (Å²) < 4.78 is 5.44. The van der Waals surface area contributed by atoms with E-state index in [9.17, 15) is 0 Å². The Hall–Kier alpha value is -2.17. The van der Waals surface area contributed by atoms with Crippen LogP contribution in [0.3, 0.4) is 0 Å². The zero-order valence-corrected chi connectivity index (χ0v) is 15.1. The minimum Gasteiger partial charge on any atom is -0.388 e. The Balaban J connectivity index is 0.000000505. The molecule has 0 aliphatic rings. The van der Waals surface area contributed by atoms with Gasteiger partial charge in [0, 0.05) is 17.9 Å². The molecule has 1 aromatic carbocycles. The normalized spacial score (nSPS) is 11.5. The maximum absolute atomic E-state index is 6.52. The standard InChI is InChI=1S/C16H22N2O.C3H8N2/c1-3-5-7-10-13(4-2)16-17-15(18-19-16)14-11-8-6-9-12-14;1-2-3(4)5/h6,8-9,11-13H,3-5,7,10H2,1-2H3;2H2,1H3,(H3,4,5). The highest BCUT2D eigenvalue weighted by Crippen LogP contribution is 2.26. The van der Waals surface area contributed by atoms with Gasteiger partial charge in [-0.1, -0.05) is 75.5 Å². The van der Waals surface area contributed by atoms with Gasteiger partial charge in [0.15, 0.2) is 0 Å². The molecule has 1 heterocycles. The largest absolute Gasteiger partial charge is 0.388 e. The van der Waals surface area contributed by atoms with Crippen LogP contribution in [0, 0.1) is 5.41 Å². The van der Waals surface area contributed by atoms with E-state index in [1.54, 1.807) is 0 Å². The summed E-state index contributed by atoms with van der Waals surface area (Å²) in [6, 6.07) is 9.98. The fraction of sp³-hybridized carbons (Fsp3) is 0.526. The summed E-state index contributed by atoms with van der Waals surface area (Å²) in [5.41, 5.74) is 5.89. The zero-order chi connectivity index (χ0) is 17.8. The highest BCUT2D eigenvalue weighted by molar-refractivity contribution is 5.76. The lowest BCUT2D eigenvalue weighted by molar-refractivity contribution is 0.339. The number of amidine groups is 1. The van der Waals surface area contributed by atoms with Crippen molar-refractivity contribution < 1.29 is 4.52 Å². The summed E-state index contributed by atoms with van der Waals surface area (Å²) in [7, 11) is 0. The number of hydrogen-bond donors (Lipinski definition) is 2. The Morgan fingerprint density at radius 2 is 1.83 bits per heavy atom. The van der Waals surface area contributed by atoms with Crippen LogP contribution in [-0.4, -0.2) is 16.0 Å². The molecule has 2 aromatic rings. The molecule has 0 saturated carbocycles. The van der Waals surface area contributed by atoms with Crippen LogP contribution in [0.25, 0.3) is 11.4 Å². The van der Waals surface area contributed by atoms with E-state index >= 15 is 0 Å². The molecule has 0 aliphatic heterocycles. The van der Waals surface area contributed by atoms with E-state index in [2.05, 4.69) is 24.0 Å². The molecule has 5 heteroatoms. The third-order valence-electron chi connectivity index (χ3n) is 3.85. The molecule has 1 aromatic heterocycles. The second-order valence-electron chi connectivity index (χ2n) is 5.80. The van der Waals surface area contributed by atoms with E-state index in [4.69, 9.17) is 15.7 Å². The highest BCUT2D eigenvalue weighted by Gasteiger charge is 2.17. The van der Waals surface area contributed by atoms with E-state index < -0.39 is 0 Å². The molecule has 24 heavy (non-hydrogen) atoms. The average Bonchev–Trinajstić information content (AvgIpc) is 3.10. The molecule has 5 nitrogen and oxygen atoms in total. The van der Waals surface area contributed by atoms with Crippen LogP contribution >= 0.6 is 0 Å². The molecular weight excluding hydrogens is 300 g/mol. The molecule has 3 N–H and O–H groups in total. The van der Waals surface area contributed by atoms with Crippen molar-refractivity contribution in [2.45, 2.75) is 65.2 Å². The van der Waals surface area contributed by atoms with Crippen molar-refractivity contribution in [3.05, 3.63) is 36.2 Å². The Morgan fingerprint density at radius 1 is 1.17 bits per heavy atom. The van der Waals surface area contributed by atoms with E-state index in [0.717, 1.165) is 24.3 Å². The fourth-order valence-corrected chi connectivity index (χ4v) is 2.25. The molecule has 0 fully saturated rings. The van der Waals surface area contributed by atoms with Gasteiger partial charge in [0.1, 0.15) is 0 Å². The van der Waals surface area contributed by atoms with E-state index in [1.165, 1.54) is 19.3 Å². The lowest BCUT2D eigenvalue weighted by atomic mass is 9.98. The number of unbranched alkanes of at least 4 members (excludes halogenated alkanes) is 2. The van der Waals surface area contributed by atoms with Gasteiger partial charge >= 0.3 is 0 Å². The van der Waals surface area contributed by atoms with Crippen molar-refractivity contribution in [3.8, 4) is 11.4 Å².